The van der Waals surface area contributed by atoms with E-state index in [1.54, 1.807) is 0 Å². The van der Waals surface area contributed by atoms with Gasteiger partial charge in [0.05, 0.1) is 5.56 Å². The molecule has 0 spiro atoms. The first-order valence-electron chi connectivity index (χ1n) is 8.00. The molecular formula is C16H18F3N3O2. The van der Waals surface area contributed by atoms with Gasteiger partial charge < -0.3 is 5.32 Å². The Kier molecular flexibility index (Phi) is 4.47. The summed E-state index contributed by atoms with van der Waals surface area (Å²) in [4.78, 5) is 28.7. The van der Waals surface area contributed by atoms with Crippen molar-refractivity contribution >= 4 is 17.6 Å². The molecule has 1 saturated carbocycles. The van der Waals surface area contributed by atoms with Crippen LogP contribution in [-0.4, -0.2) is 33.8 Å². The summed E-state index contributed by atoms with van der Waals surface area (Å²) in [5.74, 6) is -0.442. The molecule has 1 aliphatic heterocycles. The van der Waals surface area contributed by atoms with Crippen molar-refractivity contribution in [3.8, 4) is 0 Å². The van der Waals surface area contributed by atoms with Gasteiger partial charge in [-0.3, -0.25) is 14.5 Å². The second-order valence-electron chi connectivity index (χ2n) is 6.20. The second kappa shape index (κ2) is 6.41. The Morgan fingerprint density at radius 1 is 1.08 bits per heavy atom. The summed E-state index contributed by atoms with van der Waals surface area (Å²) in [5, 5.41) is 2.87. The van der Waals surface area contributed by atoms with Crippen molar-refractivity contribution in [1.29, 1.82) is 0 Å². The van der Waals surface area contributed by atoms with Gasteiger partial charge in [0.1, 0.15) is 5.82 Å². The third-order valence-electron chi connectivity index (χ3n) is 4.61. The molecule has 2 amide bonds. The summed E-state index contributed by atoms with van der Waals surface area (Å²) in [6.07, 6.45) is -0.218. The largest absolute Gasteiger partial charge is 0.419 e. The highest BCUT2D eigenvalue weighted by atomic mass is 19.4. The number of imide groups is 1. The average molecular weight is 341 g/mol. The minimum Gasteiger partial charge on any atom is -0.367 e. The molecule has 24 heavy (non-hydrogen) atoms. The number of nitrogens with zero attached hydrogens (tertiary/aromatic N) is 2. The zero-order valence-corrected chi connectivity index (χ0v) is 13.0. The fourth-order valence-electron chi connectivity index (χ4n) is 3.42. The number of nitrogens with one attached hydrogen (secondary N) is 1. The first kappa shape index (κ1) is 16.7. The molecule has 0 radical (unpaired) electrons. The smallest absolute Gasteiger partial charge is 0.367 e. The van der Waals surface area contributed by atoms with Crippen LogP contribution in [0.25, 0.3) is 0 Å². The Balaban J connectivity index is 1.62. The molecule has 1 N–H and O–H groups in total. The van der Waals surface area contributed by atoms with Gasteiger partial charge in [-0.1, -0.05) is 0 Å². The maximum absolute atomic E-state index is 13.0. The number of rotatable bonds is 3. The lowest BCUT2D eigenvalue weighted by Crippen LogP contribution is -2.43. The molecule has 8 heteroatoms. The van der Waals surface area contributed by atoms with Crippen LogP contribution >= 0.6 is 0 Å². The molecule has 2 fully saturated rings. The van der Waals surface area contributed by atoms with Gasteiger partial charge in [-0.2, -0.15) is 13.2 Å². The number of carbonyl (C=O) groups is 2. The zero-order chi connectivity index (χ0) is 17.3. The lowest BCUT2D eigenvalue weighted by molar-refractivity contribution is -0.142. The van der Waals surface area contributed by atoms with Crippen LogP contribution in [0.5, 0.6) is 0 Å². The van der Waals surface area contributed by atoms with E-state index in [0.717, 1.165) is 6.07 Å². The fourth-order valence-corrected chi connectivity index (χ4v) is 3.42. The molecule has 1 aromatic rings. The van der Waals surface area contributed by atoms with Gasteiger partial charge in [-0.25, -0.2) is 4.98 Å². The van der Waals surface area contributed by atoms with Crippen LogP contribution in [0.1, 0.15) is 44.1 Å². The van der Waals surface area contributed by atoms with Crippen LogP contribution in [0.4, 0.5) is 19.0 Å². The van der Waals surface area contributed by atoms with E-state index >= 15 is 0 Å². The van der Waals surface area contributed by atoms with Gasteiger partial charge in [0.2, 0.25) is 11.8 Å². The van der Waals surface area contributed by atoms with Crippen LogP contribution in [0.15, 0.2) is 18.3 Å². The Hall–Kier alpha value is -2.12. The number of likely N-dealkylation sites (tertiary alicyclic amines) is 1. The van der Waals surface area contributed by atoms with E-state index in [1.165, 1.54) is 17.2 Å². The average Bonchev–Trinajstić information content (AvgIpc) is 2.87. The quantitative estimate of drug-likeness (QED) is 0.859. The molecule has 1 aliphatic carbocycles. The lowest BCUT2D eigenvalue weighted by atomic mass is 9.90. The van der Waals surface area contributed by atoms with Gasteiger partial charge >= 0.3 is 6.18 Å². The van der Waals surface area contributed by atoms with Gasteiger partial charge in [0, 0.05) is 31.1 Å². The van der Waals surface area contributed by atoms with E-state index in [4.69, 9.17) is 0 Å². The van der Waals surface area contributed by atoms with Gasteiger partial charge in [-0.15, -0.1) is 0 Å². The predicted octanol–water partition coefficient (Wildman–Crippen LogP) is 2.97. The molecular weight excluding hydrogens is 323 g/mol. The van der Waals surface area contributed by atoms with Crippen LogP contribution in [0, 0.1) is 0 Å². The van der Waals surface area contributed by atoms with Crippen molar-refractivity contribution in [3.63, 3.8) is 0 Å². The SMILES string of the molecule is O=C1CCC(=O)N1C1CCC(Nc2ncccc2C(F)(F)F)CC1. The van der Waals surface area contributed by atoms with Crippen LogP contribution < -0.4 is 5.32 Å². The van der Waals surface area contributed by atoms with Crippen LogP contribution in [0.2, 0.25) is 0 Å². The minimum atomic E-state index is -4.46. The van der Waals surface area contributed by atoms with Gasteiger partial charge in [-0.05, 0) is 37.8 Å². The summed E-state index contributed by atoms with van der Waals surface area (Å²) < 4.78 is 39.0. The first-order chi connectivity index (χ1) is 11.4. The first-order valence-corrected chi connectivity index (χ1v) is 8.00. The number of amides is 2. The molecule has 0 atom stereocenters. The maximum Gasteiger partial charge on any atom is 0.419 e. The highest BCUT2D eigenvalue weighted by molar-refractivity contribution is 6.02. The van der Waals surface area contributed by atoms with E-state index < -0.39 is 11.7 Å². The summed E-state index contributed by atoms with van der Waals surface area (Å²) in [6.45, 7) is 0. The molecule has 5 nitrogen and oxygen atoms in total. The number of hydrogen-bond donors (Lipinski definition) is 1. The van der Waals surface area contributed by atoms with Crippen molar-refractivity contribution < 1.29 is 22.8 Å². The zero-order valence-electron chi connectivity index (χ0n) is 13.0. The molecule has 2 aliphatic rings. The van der Waals surface area contributed by atoms with Gasteiger partial charge in [0.25, 0.3) is 0 Å². The third kappa shape index (κ3) is 3.37. The summed E-state index contributed by atoms with van der Waals surface area (Å²) in [6, 6.07) is 1.99. The number of aromatic nitrogens is 1. The highest BCUT2D eigenvalue weighted by Crippen LogP contribution is 2.35. The highest BCUT2D eigenvalue weighted by Gasteiger charge is 2.38. The summed E-state index contributed by atoms with van der Waals surface area (Å²) in [5.41, 5.74) is -0.781. The van der Waals surface area contributed by atoms with E-state index in [1.807, 2.05) is 0 Å². The molecule has 2 heterocycles. The molecule has 1 aromatic heterocycles. The fraction of sp³-hybridized carbons (Fsp3) is 0.562. The summed E-state index contributed by atoms with van der Waals surface area (Å²) >= 11 is 0. The molecule has 130 valence electrons. The Morgan fingerprint density at radius 2 is 1.71 bits per heavy atom. The van der Waals surface area contributed by atoms with Crippen molar-refractivity contribution in [2.45, 2.75) is 56.8 Å². The van der Waals surface area contributed by atoms with Crippen LogP contribution in [-0.2, 0) is 15.8 Å². The number of hydrogen-bond acceptors (Lipinski definition) is 4. The number of anilines is 1. The third-order valence-corrected chi connectivity index (χ3v) is 4.61. The van der Waals surface area contributed by atoms with E-state index in [2.05, 4.69) is 10.3 Å². The van der Waals surface area contributed by atoms with E-state index in [-0.39, 0.29) is 42.6 Å². The molecule has 0 unspecified atom stereocenters. The normalized spacial score (nSPS) is 25.2. The predicted molar refractivity (Wildman–Crippen MR) is 80.0 cm³/mol. The van der Waals surface area contributed by atoms with E-state index in [9.17, 15) is 22.8 Å². The molecule has 0 bridgehead atoms. The second-order valence-corrected chi connectivity index (χ2v) is 6.20. The molecule has 1 saturated heterocycles. The lowest BCUT2D eigenvalue weighted by Gasteiger charge is -2.34. The Morgan fingerprint density at radius 3 is 2.29 bits per heavy atom. The number of carbonyl (C=O) groups excluding carboxylic acids is 2. The van der Waals surface area contributed by atoms with Crippen molar-refractivity contribution in [1.82, 2.24) is 9.88 Å². The van der Waals surface area contributed by atoms with Gasteiger partial charge in [0.15, 0.2) is 0 Å². The van der Waals surface area contributed by atoms with E-state index in [0.29, 0.717) is 25.7 Å². The number of halogens is 3. The number of alkyl halides is 3. The molecule has 0 aromatic carbocycles. The molecule has 3 rings (SSSR count). The topological polar surface area (TPSA) is 62.3 Å². The Bertz CT molecular complexity index is 624. The van der Waals surface area contributed by atoms with Crippen molar-refractivity contribution in [2.75, 3.05) is 5.32 Å². The Labute approximate surface area is 137 Å². The van der Waals surface area contributed by atoms with Crippen molar-refractivity contribution in [2.24, 2.45) is 0 Å². The standard InChI is InChI=1S/C16H18F3N3O2/c17-16(18,19)12-2-1-9-20-15(12)21-10-3-5-11(6-4-10)22-13(23)7-8-14(22)24/h1-2,9-11H,3-8H2,(H,20,21). The minimum absolute atomic E-state index is 0.128. The monoisotopic (exact) mass is 341 g/mol. The summed E-state index contributed by atoms with van der Waals surface area (Å²) in [7, 11) is 0. The van der Waals surface area contributed by atoms with Crippen LogP contribution in [0.3, 0.4) is 0 Å². The maximum atomic E-state index is 13.0. The van der Waals surface area contributed by atoms with Crippen molar-refractivity contribution in [3.05, 3.63) is 23.9 Å². The number of pyridine rings is 1.